The van der Waals surface area contributed by atoms with E-state index in [1.165, 1.54) is 0 Å². The summed E-state index contributed by atoms with van der Waals surface area (Å²) in [7, 11) is 0. The molecule has 0 aliphatic carbocycles. The lowest BCUT2D eigenvalue weighted by Crippen LogP contribution is -2.41. The number of imide groups is 1. The average Bonchev–Trinajstić information content (AvgIpc) is 2.78. The van der Waals surface area contributed by atoms with Crippen LogP contribution in [-0.4, -0.2) is 30.0 Å². The number of urea groups is 1. The number of carbonyl (C=O) groups excluding carboxylic acids is 2. The van der Waals surface area contributed by atoms with Crippen molar-refractivity contribution in [2.24, 2.45) is 0 Å². The molecule has 2 aromatic carbocycles. The third-order valence-corrected chi connectivity index (χ3v) is 4.87. The minimum atomic E-state index is -1.23. The van der Waals surface area contributed by atoms with Crippen LogP contribution in [0.3, 0.4) is 0 Å². The van der Waals surface area contributed by atoms with Crippen LogP contribution in [-0.2, 0) is 10.3 Å². The molecule has 136 valence electrons. The summed E-state index contributed by atoms with van der Waals surface area (Å²) in [5, 5.41) is 3.51. The maximum atomic E-state index is 12.9. The fraction of sp³-hybridized carbons (Fsp3) is 0.263. The molecule has 5 nitrogen and oxygen atoms in total. The molecule has 1 N–H and O–H groups in total. The van der Waals surface area contributed by atoms with Crippen LogP contribution in [0.5, 0.6) is 5.75 Å². The first-order valence-electron chi connectivity index (χ1n) is 8.10. The molecule has 1 aliphatic heterocycles. The number of amides is 3. The number of nitrogens with one attached hydrogen (secondary N) is 1. The highest BCUT2D eigenvalue weighted by molar-refractivity contribution is 6.35. The Morgan fingerprint density at radius 3 is 2.62 bits per heavy atom. The topological polar surface area (TPSA) is 58.6 Å². The van der Waals surface area contributed by atoms with Gasteiger partial charge in [-0.3, -0.25) is 9.69 Å². The quantitative estimate of drug-likeness (QED) is 0.777. The van der Waals surface area contributed by atoms with Gasteiger partial charge in [0.25, 0.3) is 5.91 Å². The van der Waals surface area contributed by atoms with Gasteiger partial charge in [-0.2, -0.15) is 0 Å². The SMILES string of the molecule is Cc1cccc(OCCN2C(=O)N[C@](C)(c3ccc(Cl)cc3Cl)C2=O)c1. The number of hydrogen-bond acceptors (Lipinski definition) is 3. The van der Waals surface area contributed by atoms with Gasteiger partial charge in [-0.1, -0.05) is 41.4 Å². The second-order valence-corrected chi connectivity index (χ2v) is 7.14. The Labute approximate surface area is 161 Å². The van der Waals surface area contributed by atoms with E-state index >= 15 is 0 Å². The molecule has 7 heteroatoms. The van der Waals surface area contributed by atoms with E-state index in [-0.39, 0.29) is 19.1 Å². The maximum Gasteiger partial charge on any atom is 0.325 e. The Bertz CT molecular complexity index is 872. The van der Waals surface area contributed by atoms with Gasteiger partial charge in [-0.25, -0.2) is 4.79 Å². The molecule has 26 heavy (non-hydrogen) atoms. The summed E-state index contributed by atoms with van der Waals surface area (Å²) < 4.78 is 5.64. The molecular formula is C19H18Cl2N2O3. The third-order valence-electron chi connectivity index (χ3n) is 4.32. The van der Waals surface area contributed by atoms with Gasteiger partial charge in [-0.05, 0) is 43.7 Å². The monoisotopic (exact) mass is 392 g/mol. The zero-order chi connectivity index (χ0) is 18.9. The summed E-state index contributed by atoms with van der Waals surface area (Å²) in [6, 6.07) is 11.9. The summed E-state index contributed by atoms with van der Waals surface area (Å²) in [4.78, 5) is 26.3. The predicted octanol–water partition coefficient (Wildman–Crippen LogP) is 4.15. The van der Waals surface area contributed by atoms with Crippen LogP contribution in [0.25, 0.3) is 0 Å². The Kier molecular flexibility index (Phi) is 5.12. The van der Waals surface area contributed by atoms with Crippen LogP contribution in [0.1, 0.15) is 18.1 Å². The molecule has 3 rings (SSSR count). The van der Waals surface area contributed by atoms with Crippen LogP contribution >= 0.6 is 23.2 Å². The van der Waals surface area contributed by atoms with E-state index in [2.05, 4.69) is 5.32 Å². The fourth-order valence-corrected chi connectivity index (χ4v) is 3.53. The molecule has 0 aromatic heterocycles. The maximum absolute atomic E-state index is 12.9. The number of rotatable bonds is 5. The average molecular weight is 393 g/mol. The highest BCUT2D eigenvalue weighted by atomic mass is 35.5. The van der Waals surface area contributed by atoms with E-state index in [1.54, 1.807) is 25.1 Å². The van der Waals surface area contributed by atoms with Crippen LogP contribution in [0.15, 0.2) is 42.5 Å². The zero-order valence-corrected chi connectivity index (χ0v) is 15.9. The second kappa shape index (κ2) is 7.17. The molecule has 1 heterocycles. The van der Waals surface area contributed by atoms with Crippen molar-refractivity contribution in [2.45, 2.75) is 19.4 Å². The summed E-state index contributed by atoms with van der Waals surface area (Å²) in [6.45, 7) is 3.93. The number of nitrogens with zero attached hydrogens (tertiary/aromatic N) is 1. The Balaban J connectivity index is 1.72. The van der Waals surface area contributed by atoms with Crippen molar-refractivity contribution in [3.8, 4) is 5.75 Å². The lowest BCUT2D eigenvalue weighted by Gasteiger charge is -2.23. The minimum Gasteiger partial charge on any atom is -0.492 e. The van der Waals surface area contributed by atoms with E-state index in [9.17, 15) is 9.59 Å². The first kappa shape index (κ1) is 18.5. The van der Waals surface area contributed by atoms with Gasteiger partial charge in [0.2, 0.25) is 0 Å². The summed E-state index contributed by atoms with van der Waals surface area (Å²) >= 11 is 12.1. The molecule has 0 saturated carbocycles. The Morgan fingerprint density at radius 2 is 1.92 bits per heavy atom. The number of carbonyl (C=O) groups is 2. The van der Waals surface area contributed by atoms with Crippen molar-refractivity contribution in [2.75, 3.05) is 13.2 Å². The van der Waals surface area contributed by atoms with Gasteiger partial charge in [-0.15, -0.1) is 0 Å². The van der Waals surface area contributed by atoms with Gasteiger partial charge < -0.3 is 10.1 Å². The second-order valence-electron chi connectivity index (χ2n) is 6.30. The van der Waals surface area contributed by atoms with Crippen LogP contribution < -0.4 is 10.1 Å². The van der Waals surface area contributed by atoms with Crippen molar-refractivity contribution in [1.82, 2.24) is 10.2 Å². The van der Waals surface area contributed by atoms with Gasteiger partial charge in [0.15, 0.2) is 0 Å². The van der Waals surface area contributed by atoms with Crippen LogP contribution in [0.4, 0.5) is 4.79 Å². The molecule has 1 aliphatic rings. The predicted molar refractivity (Wildman–Crippen MR) is 101 cm³/mol. The van der Waals surface area contributed by atoms with Crippen molar-refractivity contribution in [3.05, 3.63) is 63.6 Å². The molecule has 1 fully saturated rings. The highest BCUT2D eigenvalue weighted by Gasteiger charge is 2.49. The molecule has 0 bridgehead atoms. The first-order chi connectivity index (χ1) is 12.3. The third kappa shape index (κ3) is 3.50. The van der Waals surface area contributed by atoms with E-state index in [0.29, 0.717) is 21.4 Å². The van der Waals surface area contributed by atoms with Crippen LogP contribution in [0, 0.1) is 6.92 Å². The molecule has 2 aromatic rings. The van der Waals surface area contributed by atoms with E-state index < -0.39 is 11.6 Å². The van der Waals surface area contributed by atoms with Crippen molar-refractivity contribution in [3.63, 3.8) is 0 Å². The largest absolute Gasteiger partial charge is 0.492 e. The van der Waals surface area contributed by atoms with E-state index in [1.807, 2.05) is 31.2 Å². The number of aryl methyl sites for hydroxylation is 1. The van der Waals surface area contributed by atoms with Crippen molar-refractivity contribution >= 4 is 35.1 Å². The number of ether oxygens (including phenoxy) is 1. The number of hydrogen-bond donors (Lipinski definition) is 1. The number of halogens is 2. The highest BCUT2D eigenvalue weighted by Crippen LogP contribution is 2.34. The van der Waals surface area contributed by atoms with Crippen molar-refractivity contribution in [1.29, 1.82) is 0 Å². The lowest BCUT2D eigenvalue weighted by atomic mass is 9.92. The smallest absolute Gasteiger partial charge is 0.325 e. The fourth-order valence-electron chi connectivity index (χ4n) is 2.94. The van der Waals surface area contributed by atoms with Gasteiger partial charge >= 0.3 is 6.03 Å². The van der Waals surface area contributed by atoms with E-state index in [4.69, 9.17) is 27.9 Å². The summed E-state index contributed by atoms with van der Waals surface area (Å²) in [5.41, 5.74) is 0.341. The first-order valence-corrected chi connectivity index (χ1v) is 8.86. The Hall–Kier alpha value is -2.24. The molecule has 1 atom stereocenters. The molecule has 0 radical (unpaired) electrons. The Morgan fingerprint density at radius 1 is 1.15 bits per heavy atom. The molecule has 1 saturated heterocycles. The lowest BCUT2D eigenvalue weighted by molar-refractivity contribution is -0.131. The minimum absolute atomic E-state index is 0.138. The van der Waals surface area contributed by atoms with Crippen LogP contribution in [0.2, 0.25) is 10.0 Å². The molecular weight excluding hydrogens is 375 g/mol. The summed E-state index contributed by atoms with van der Waals surface area (Å²) in [6.07, 6.45) is 0. The van der Waals surface area contributed by atoms with Gasteiger partial charge in [0.1, 0.15) is 17.9 Å². The zero-order valence-electron chi connectivity index (χ0n) is 14.4. The normalized spacial score (nSPS) is 19.6. The molecule has 0 spiro atoms. The van der Waals surface area contributed by atoms with E-state index in [0.717, 1.165) is 10.5 Å². The summed E-state index contributed by atoms with van der Waals surface area (Å²) in [5.74, 6) is 0.320. The molecule has 0 unspecified atom stereocenters. The van der Waals surface area contributed by atoms with Gasteiger partial charge in [0, 0.05) is 15.6 Å². The van der Waals surface area contributed by atoms with Gasteiger partial charge in [0.05, 0.1) is 6.54 Å². The number of benzene rings is 2. The molecule has 3 amide bonds. The van der Waals surface area contributed by atoms with Crippen molar-refractivity contribution < 1.29 is 14.3 Å². The standard InChI is InChI=1S/C19H18Cl2N2O3/c1-12-4-3-5-14(10-12)26-9-8-23-17(24)19(2,22-18(23)25)15-7-6-13(20)11-16(15)21/h3-7,10-11H,8-9H2,1-2H3,(H,22,25)/t19-/m1/s1.